The summed E-state index contributed by atoms with van der Waals surface area (Å²) in [6, 6.07) is 0. The van der Waals surface area contributed by atoms with Crippen LogP contribution >= 0.6 is 0 Å². The van der Waals surface area contributed by atoms with Gasteiger partial charge in [0.05, 0.1) is 6.61 Å². The molecule has 124 valence electrons. The molecule has 0 radical (unpaired) electrons. The van der Waals surface area contributed by atoms with E-state index in [0.717, 1.165) is 32.1 Å². The summed E-state index contributed by atoms with van der Waals surface area (Å²) >= 11 is 0. The van der Waals surface area contributed by atoms with Gasteiger partial charge in [-0.3, -0.25) is 4.79 Å². The number of ether oxygens (including phenoxy) is 1. The molecule has 23 heavy (non-hydrogen) atoms. The molecular weight excluding hydrogens is 346 g/mol. The summed E-state index contributed by atoms with van der Waals surface area (Å²) < 4.78 is 37.0. The molecule has 7 nitrogen and oxygen atoms in total. The minimum atomic E-state index is -5.06. The van der Waals surface area contributed by atoms with E-state index < -0.39 is 33.7 Å². The number of unbranched alkanes of at least 4 members (excludes halogenated alkanes) is 6. The van der Waals surface area contributed by atoms with Gasteiger partial charge in [-0.05, 0) is 6.42 Å². The molecule has 0 aromatic carbocycles. The summed E-state index contributed by atoms with van der Waals surface area (Å²) in [4.78, 5) is 21.7. The van der Waals surface area contributed by atoms with Gasteiger partial charge in [-0.15, -0.1) is 0 Å². The molecule has 1 unspecified atom stereocenters. The van der Waals surface area contributed by atoms with E-state index in [1.54, 1.807) is 0 Å². The number of hydrogen-bond acceptors (Lipinski definition) is 7. The van der Waals surface area contributed by atoms with E-state index in [4.69, 9.17) is 0 Å². The average molecular weight is 368 g/mol. The van der Waals surface area contributed by atoms with E-state index in [9.17, 15) is 27.7 Å². The smallest absolute Gasteiger partial charge is 0.747 e. The number of carbonyl (C=O) groups excluding carboxylic acids is 2. The van der Waals surface area contributed by atoms with E-state index in [-0.39, 0.29) is 65.7 Å². The second-order valence-electron chi connectivity index (χ2n) is 4.85. The normalized spacial score (nSPS) is 11.7. The predicted molar refractivity (Wildman–Crippen MR) is 72.1 cm³/mol. The molecule has 0 aliphatic rings. The molecule has 0 aromatic heterocycles. The van der Waals surface area contributed by atoms with E-state index in [0.29, 0.717) is 6.42 Å². The molecule has 0 amide bonds. The average Bonchev–Trinajstić information content (AvgIpc) is 2.37. The number of carboxylic acid groups (broad SMARTS) is 1. The van der Waals surface area contributed by atoms with Gasteiger partial charge in [-0.1, -0.05) is 45.4 Å². The Hall–Kier alpha value is 0.850. The van der Waals surface area contributed by atoms with Gasteiger partial charge in [0.2, 0.25) is 0 Å². The first-order chi connectivity index (χ1) is 9.79. The van der Waals surface area contributed by atoms with Gasteiger partial charge < -0.3 is 19.2 Å². The summed E-state index contributed by atoms with van der Waals surface area (Å²) in [5, 5.41) is 8.11. The first kappa shape index (κ1) is 28.6. The molecule has 0 saturated carbocycles. The van der Waals surface area contributed by atoms with E-state index >= 15 is 0 Å². The van der Waals surface area contributed by atoms with E-state index in [1.165, 1.54) is 6.42 Å². The van der Waals surface area contributed by atoms with Crippen LogP contribution in [-0.2, 0) is 24.4 Å². The number of esters is 1. The first-order valence-corrected chi connectivity index (χ1v) is 8.57. The van der Waals surface area contributed by atoms with Crippen molar-refractivity contribution in [2.24, 2.45) is 0 Å². The third kappa shape index (κ3) is 16.1. The Morgan fingerprint density at radius 1 is 1.00 bits per heavy atom. The van der Waals surface area contributed by atoms with E-state index in [1.807, 2.05) is 0 Å². The monoisotopic (exact) mass is 368 g/mol. The largest absolute Gasteiger partial charge is 1.00 e. The number of aliphatic carboxylic acids is 1. The Kier molecular flexibility index (Phi) is 20.3. The zero-order chi connectivity index (χ0) is 16.3. The molecular formula is C13H22Na2O7S. The predicted octanol–water partition coefficient (Wildman–Crippen LogP) is -5.66. The standard InChI is InChI=1S/C13H24O7S.2Na/c1-2-3-4-5-6-7-8-9-20-13(16)11(10-12(14)15)21(17,18)19;;/h11H,2-10H2,1H3,(H,14,15)(H,17,18,19);;/q;2*+1/p-2. The van der Waals surface area contributed by atoms with Gasteiger partial charge >= 0.3 is 65.1 Å². The number of rotatable bonds is 12. The number of carbonyl (C=O) groups is 2. The summed E-state index contributed by atoms with van der Waals surface area (Å²) in [7, 11) is -5.06. The fraction of sp³-hybridized carbons (Fsp3) is 0.846. The topological polar surface area (TPSA) is 124 Å². The van der Waals surface area contributed by atoms with Crippen molar-refractivity contribution in [3.05, 3.63) is 0 Å². The third-order valence-electron chi connectivity index (χ3n) is 2.96. The van der Waals surface area contributed by atoms with Gasteiger partial charge in [-0.25, -0.2) is 8.42 Å². The van der Waals surface area contributed by atoms with Crippen LogP contribution < -0.4 is 64.2 Å². The van der Waals surface area contributed by atoms with Crippen LogP contribution in [0.5, 0.6) is 0 Å². The molecule has 0 aliphatic heterocycles. The van der Waals surface area contributed by atoms with Gasteiger partial charge in [0, 0.05) is 12.4 Å². The zero-order valence-corrected chi connectivity index (χ0v) is 19.0. The Bertz CT molecular complexity index is 426. The van der Waals surface area contributed by atoms with Crippen molar-refractivity contribution in [2.75, 3.05) is 6.61 Å². The number of hydrogen-bond donors (Lipinski definition) is 0. The van der Waals surface area contributed by atoms with Crippen molar-refractivity contribution in [1.29, 1.82) is 0 Å². The minimum absolute atomic E-state index is 0. The Labute approximate surface area is 182 Å². The second kappa shape index (κ2) is 16.3. The molecule has 0 N–H and O–H groups in total. The van der Waals surface area contributed by atoms with Gasteiger partial charge in [-0.2, -0.15) is 0 Å². The maximum absolute atomic E-state index is 11.4. The SMILES string of the molecule is CCCCCCCCCOC(=O)C(CC(=O)[O-])S(=O)(=O)[O-].[Na+].[Na+]. The summed E-state index contributed by atoms with van der Waals surface area (Å²) in [5.41, 5.74) is 0. The van der Waals surface area contributed by atoms with Crippen LogP contribution in [0.25, 0.3) is 0 Å². The second-order valence-corrected chi connectivity index (χ2v) is 6.40. The number of carboxylic acids is 1. The van der Waals surface area contributed by atoms with Crippen molar-refractivity contribution in [1.82, 2.24) is 0 Å². The molecule has 10 heteroatoms. The summed E-state index contributed by atoms with van der Waals surface area (Å²) in [6.07, 6.45) is 5.76. The molecule has 1 atom stereocenters. The summed E-state index contributed by atoms with van der Waals surface area (Å²) in [6.45, 7) is 2.10. The van der Waals surface area contributed by atoms with Crippen LogP contribution in [0.15, 0.2) is 0 Å². The summed E-state index contributed by atoms with van der Waals surface area (Å²) in [5.74, 6) is -3.10. The van der Waals surface area contributed by atoms with Gasteiger partial charge in [0.1, 0.15) is 10.1 Å². The van der Waals surface area contributed by atoms with Crippen LogP contribution in [0, 0.1) is 0 Å². The van der Waals surface area contributed by atoms with Crippen molar-refractivity contribution >= 4 is 22.1 Å². The van der Waals surface area contributed by atoms with Crippen molar-refractivity contribution in [2.45, 2.75) is 63.5 Å². The molecule has 0 spiro atoms. The maximum atomic E-state index is 11.4. The van der Waals surface area contributed by atoms with Crippen LogP contribution in [0.3, 0.4) is 0 Å². The third-order valence-corrected chi connectivity index (χ3v) is 4.01. The van der Waals surface area contributed by atoms with Gasteiger partial charge in [0.15, 0.2) is 5.25 Å². The van der Waals surface area contributed by atoms with Crippen LogP contribution in [0.4, 0.5) is 0 Å². The van der Waals surface area contributed by atoms with E-state index in [2.05, 4.69) is 11.7 Å². The maximum Gasteiger partial charge on any atom is 1.00 e. The molecule has 0 aromatic rings. The Morgan fingerprint density at radius 2 is 1.48 bits per heavy atom. The van der Waals surface area contributed by atoms with Crippen LogP contribution in [0.2, 0.25) is 0 Å². The molecule has 0 saturated heterocycles. The Morgan fingerprint density at radius 3 is 1.91 bits per heavy atom. The van der Waals surface area contributed by atoms with Gasteiger partial charge in [0.25, 0.3) is 0 Å². The van der Waals surface area contributed by atoms with Crippen LogP contribution in [-0.4, -0.2) is 36.8 Å². The first-order valence-electron chi connectivity index (χ1n) is 7.10. The molecule has 0 heterocycles. The Balaban J connectivity index is -0.00000200. The molecule has 0 aliphatic carbocycles. The molecule has 0 fully saturated rings. The molecule has 0 bridgehead atoms. The van der Waals surface area contributed by atoms with Crippen LogP contribution in [0.1, 0.15) is 58.3 Å². The van der Waals surface area contributed by atoms with Crippen molar-refractivity contribution < 1.29 is 91.5 Å². The van der Waals surface area contributed by atoms with Crippen molar-refractivity contribution in [3.63, 3.8) is 0 Å². The minimum Gasteiger partial charge on any atom is -0.747 e. The fourth-order valence-corrected chi connectivity index (χ4v) is 2.42. The fourth-order valence-electron chi connectivity index (χ4n) is 1.78. The molecule has 0 rings (SSSR count). The zero-order valence-electron chi connectivity index (χ0n) is 14.2. The van der Waals surface area contributed by atoms with Crippen molar-refractivity contribution in [3.8, 4) is 0 Å². The quantitative estimate of drug-likeness (QED) is 0.146.